The first-order chi connectivity index (χ1) is 16.4. The maximum atomic E-state index is 13.2. The van der Waals surface area contributed by atoms with Crippen LogP contribution in [0.3, 0.4) is 0 Å². The smallest absolute Gasteiger partial charge is 0.261 e. The second-order valence-electron chi connectivity index (χ2n) is 9.38. The summed E-state index contributed by atoms with van der Waals surface area (Å²) in [6, 6.07) is 21.3. The highest BCUT2D eigenvalue weighted by atomic mass is 32.2. The molecule has 1 aliphatic heterocycles. The van der Waals surface area contributed by atoms with Crippen LogP contribution in [0.25, 0.3) is 0 Å². The Hall–Kier alpha value is -3.25. The van der Waals surface area contributed by atoms with E-state index in [0.717, 1.165) is 23.4 Å². The first kappa shape index (κ1) is 22.5. The Bertz CT molecular complexity index is 1310. The average molecular weight is 475 g/mol. The molecule has 0 radical (unpaired) electrons. The number of methoxy groups -OCH3 is 1. The summed E-state index contributed by atoms with van der Waals surface area (Å²) >= 11 is 0. The Morgan fingerprint density at radius 3 is 2.41 bits per heavy atom. The Morgan fingerprint density at radius 1 is 1.00 bits per heavy atom. The lowest BCUT2D eigenvalue weighted by Crippen LogP contribution is -2.29. The lowest BCUT2D eigenvalue weighted by atomic mass is 9.77. The van der Waals surface area contributed by atoms with Crippen molar-refractivity contribution in [3.63, 3.8) is 0 Å². The molecule has 6 heteroatoms. The summed E-state index contributed by atoms with van der Waals surface area (Å²) in [6.07, 6.45) is 5.37. The third kappa shape index (κ3) is 4.18. The SMILES string of the molecule is COc1ccc([C@H]2Nc3ccc(S(=O)(=O)Nc4ccc(C(C)C)cc4)cc3[C@H]3C=CC[C@H]32)cc1. The van der Waals surface area contributed by atoms with Gasteiger partial charge >= 0.3 is 0 Å². The largest absolute Gasteiger partial charge is 0.497 e. The van der Waals surface area contributed by atoms with E-state index in [1.807, 2.05) is 48.5 Å². The van der Waals surface area contributed by atoms with Gasteiger partial charge in [0.1, 0.15) is 5.75 Å². The van der Waals surface area contributed by atoms with Gasteiger partial charge in [0.05, 0.1) is 18.0 Å². The van der Waals surface area contributed by atoms with Gasteiger partial charge in [-0.3, -0.25) is 4.72 Å². The molecule has 1 heterocycles. The molecule has 5 rings (SSSR count). The predicted molar refractivity (Wildman–Crippen MR) is 137 cm³/mol. The normalized spacial score (nSPS) is 21.0. The van der Waals surface area contributed by atoms with Crippen LogP contribution >= 0.6 is 0 Å². The van der Waals surface area contributed by atoms with Crippen molar-refractivity contribution in [2.45, 2.75) is 43.0 Å². The molecule has 0 amide bonds. The van der Waals surface area contributed by atoms with Crippen LogP contribution in [0.2, 0.25) is 0 Å². The average Bonchev–Trinajstić information content (AvgIpc) is 3.34. The fourth-order valence-electron chi connectivity index (χ4n) is 5.03. The van der Waals surface area contributed by atoms with Crippen molar-refractivity contribution in [3.8, 4) is 5.75 Å². The zero-order valence-corrected chi connectivity index (χ0v) is 20.5. The van der Waals surface area contributed by atoms with Gasteiger partial charge in [0.25, 0.3) is 10.0 Å². The number of ether oxygens (including phenoxy) is 1. The maximum absolute atomic E-state index is 13.2. The third-order valence-corrected chi connectivity index (χ3v) is 8.33. The molecule has 3 aromatic rings. The van der Waals surface area contributed by atoms with Crippen LogP contribution in [-0.4, -0.2) is 15.5 Å². The van der Waals surface area contributed by atoms with E-state index >= 15 is 0 Å². The second-order valence-corrected chi connectivity index (χ2v) is 11.1. The Balaban J connectivity index is 1.43. The number of nitrogens with one attached hydrogen (secondary N) is 2. The Kier molecular flexibility index (Phi) is 5.86. The number of anilines is 2. The molecule has 3 atom stereocenters. The van der Waals surface area contributed by atoms with Crippen molar-refractivity contribution in [2.75, 3.05) is 17.1 Å². The zero-order chi connectivity index (χ0) is 23.9. The molecule has 0 aromatic heterocycles. The van der Waals surface area contributed by atoms with Crippen LogP contribution in [0, 0.1) is 5.92 Å². The van der Waals surface area contributed by atoms with E-state index in [-0.39, 0.29) is 16.9 Å². The molecule has 0 saturated carbocycles. The Morgan fingerprint density at radius 2 is 1.74 bits per heavy atom. The van der Waals surface area contributed by atoms with Crippen LogP contribution in [0.1, 0.15) is 54.8 Å². The van der Waals surface area contributed by atoms with Crippen molar-refractivity contribution >= 4 is 21.4 Å². The molecule has 3 aromatic carbocycles. The molecule has 0 bridgehead atoms. The molecule has 0 saturated heterocycles. The lowest BCUT2D eigenvalue weighted by Gasteiger charge is -2.37. The monoisotopic (exact) mass is 474 g/mol. The summed E-state index contributed by atoms with van der Waals surface area (Å²) < 4.78 is 34.4. The van der Waals surface area contributed by atoms with Crippen LogP contribution in [-0.2, 0) is 10.0 Å². The summed E-state index contributed by atoms with van der Waals surface area (Å²) in [5.74, 6) is 1.73. The fourth-order valence-corrected chi connectivity index (χ4v) is 6.12. The van der Waals surface area contributed by atoms with Gasteiger partial charge in [-0.2, -0.15) is 0 Å². The zero-order valence-electron chi connectivity index (χ0n) is 19.7. The van der Waals surface area contributed by atoms with Crippen LogP contribution < -0.4 is 14.8 Å². The first-order valence-electron chi connectivity index (χ1n) is 11.7. The molecule has 0 unspecified atom stereocenters. The van der Waals surface area contributed by atoms with Gasteiger partial charge in [-0.1, -0.05) is 50.3 Å². The van der Waals surface area contributed by atoms with Gasteiger partial charge in [-0.15, -0.1) is 0 Å². The second kappa shape index (κ2) is 8.84. The minimum atomic E-state index is -3.70. The number of hydrogen-bond donors (Lipinski definition) is 2. The summed E-state index contributed by atoms with van der Waals surface area (Å²) in [7, 11) is -2.03. The highest BCUT2D eigenvalue weighted by Crippen LogP contribution is 2.50. The van der Waals surface area contributed by atoms with E-state index in [0.29, 0.717) is 17.5 Å². The lowest BCUT2D eigenvalue weighted by molar-refractivity contribution is 0.411. The van der Waals surface area contributed by atoms with Crippen LogP contribution in [0.15, 0.2) is 83.8 Å². The summed E-state index contributed by atoms with van der Waals surface area (Å²) in [4.78, 5) is 0.280. The number of rotatable bonds is 6. The van der Waals surface area contributed by atoms with Crippen LogP contribution in [0.5, 0.6) is 5.75 Å². The minimum absolute atomic E-state index is 0.151. The quantitative estimate of drug-likeness (QED) is 0.403. The van der Waals surface area contributed by atoms with E-state index in [9.17, 15) is 8.42 Å². The van der Waals surface area contributed by atoms with Crippen molar-refractivity contribution < 1.29 is 13.2 Å². The van der Waals surface area contributed by atoms with Crippen molar-refractivity contribution in [2.24, 2.45) is 5.92 Å². The van der Waals surface area contributed by atoms with Gasteiger partial charge in [0, 0.05) is 17.3 Å². The molecule has 176 valence electrons. The van der Waals surface area contributed by atoms with Gasteiger partial charge in [0.15, 0.2) is 0 Å². The molecule has 2 aliphatic rings. The Labute approximate surface area is 201 Å². The van der Waals surface area contributed by atoms with Gasteiger partial charge in [-0.05, 0) is 77.4 Å². The molecule has 0 fully saturated rings. The molecule has 0 spiro atoms. The molecule has 5 nitrogen and oxygen atoms in total. The van der Waals surface area contributed by atoms with Gasteiger partial charge in [0.2, 0.25) is 0 Å². The number of allylic oxidation sites excluding steroid dienone is 2. The molecule has 34 heavy (non-hydrogen) atoms. The van der Waals surface area contributed by atoms with Crippen molar-refractivity contribution in [3.05, 3.63) is 95.6 Å². The van der Waals surface area contributed by atoms with E-state index in [2.05, 4.69) is 48.2 Å². The van der Waals surface area contributed by atoms with Crippen LogP contribution in [0.4, 0.5) is 11.4 Å². The van der Waals surface area contributed by atoms with Crippen molar-refractivity contribution in [1.82, 2.24) is 0 Å². The number of hydrogen-bond acceptors (Lipinski definition) is 4. The molecule has 2 N–H and O–H groups in total. The molecular formula is C28H30N2O3S. The van der Waals surface area contributed by atoms with Crippen molar-refractivity contribution in [1.29, 1.82) is 0 Å². The minimum Gasteiger partial charge on any atom is -0.497 e. The number of sulfonamides is 1. The standard InChI is InChI=1S/C28H30N2O3S/c1-18(2)19-7-11-21(12-8-19)30-34(31,32)23-15-16-27-26(17-23)24-5-4-6-25(24)28(29-27)20-9-13-22(33-3)14-10-20/h4-5,7-18,24-25,28-30H,6H2,1-3H3/t24-,25+,28+/m0/s1. The predicted octanol–water partition coefficient (Wildman–Crippen LogP) is 6.45. The highest BCUT2D eigenvalue weighted by molar-refractivity contribution is 7.92. The van der Waals surface area contributed by atoms with E-state index in [1.165, 1.54) is 11.1 Å². The fraction of sp³-hybridized carbons (Fsp3) is 0.286. The van der Waals surface area contributed by atoms with Gasteiger partial charge in [-0.25, -0.2) is 8.42 Å². The number of fused-ring (bicyclic) bond motifs is 3. The first-order valence-corrected chi connectivity index (χ1v) is 13.2. The number of benzene rings is 3. The third-order valence-electron chi connectivity index (χ3n) is 6.95. The van der Waals surface area contributed by atoms with Gasteiger partial charge < -0.3 is 10.1 Å². The molecule has 1 aliphatic carbocycles. The topological polar surface area (TPSA) is 67.4 Å². The maximum Gasteiger partial charge on any atom is 0.261 e. The van der Waals surface area contributed by atoms with E-state index in [4.69, 9.17) is 4.74 Å². The van der Waals surface area contributed by atoms with E-state index < -0.39 is 10.0 Å². The summed E-state index contributed by atoms with van der Waals surface area (Å²) in [5, 5.41) is 3.67. The van der Waals surface area contributed by atoms with E-state index in [1.54, 1.807) is 13.2 Å². The summed E-state index contributed by atoms with van der Waals surface area (Å²) in [6.45, 7) is 4.23. The summed E-state index contributed by atoms with van der Waals surface area (Å²) in [5.41, 5.74) is 4.95. The molecular weight excluding hydrogens is 444 g/mol. The highest BCUT2D eigenvalue weighted by Gasteiger charge is 2.38.